The fraction of sp³-hybridized carbons (Fsp3) is 0.714. The summed E-state index contributed by atoms with van der Waals surface area (Å²) in [5.74, 6) is -1.74. The van der Waals surface area contributed by atoms with E-state index in [1.165, 1.54) is 11.9 Å². The Hall–Kier alpha value is -1.57. The summed E-state index contributed by atoms with van der Waals surface area (Å²) in [6, 6.07) is -0.992. The summed E-state index contributed by atoms with van der Waals surface area (Å²) in [6.07, 6.45) is 2.30. The van der Waals surface area contributed by atoms with Crippen molar-refractivity contribution in [3.8, 4) is 0 Å². The molecule has 122 valence electrons. The van der Waals surface area contributed by atoms with Gasteiger partial charge in [-0.25, -0.2) is 9.80 Å². The monoisotopic (exact) mass is 328 g/mol. The molecule has 0 radical (unpaired) electrons. The van der Waals surface area contributed by atoms with E-state index in [0.717, 1.165) is 16.8 Å². The lowest BCUT2D eigenvalue weighted by molar-refractivity contribution is -0.186. The summed E-state index contributed by atoms with van der Waals surface area (Å²) in [4.78, 5) is 47.5. The first-order valence-corrected chi connectivity index (χ1v) is 8.40. The molecule has 2 aliphatic heterocycles. The lowest BCUT2D eigenvalue weighted by atomic mass is 9.98. The minimum Gasteiger partial charge on any atom is -0.480 e. The summed E-state index contributed by atoms with van der Waals surface area (Å²) >= 11 is 1.07. The van der Waals surface area contributed by atoms with Crippen molar-refractivity contribution >= 4 is 34.7 Å². The summed E-state index contributed by atoms with van der Waals surface area (Å²) in [7, 11) is 0. The van der Waals surface area contributed by atoms with Gasteiger partial charge in [0.05, 0.1) is 0 Å². The Balaban J connectivity index is 2.25. The van der Waals surface area contributed by atoms with Crippen LogP contribution in [0.4, 0.5) is 0 Å². The second-order valence-corrected chi connectivity index (χ2v) is 6.78. The molecule has 22 heavy (non-hydrogen) atoms. The van der Waals surface area contributed by atoms with Crippen LogP contribution in [0.15, 0.2) is 0 Å². The average Bonchev–Trinajstić information content (AvgIpc) is 2.47. The molecule has 0 aromatic carbocycles. The van der Waals surface area contributed by atoms with Crippen LogP contribution in [0.3, 0.4) is 0 Å². The molecule has 0 aromatic rings. The zero-order valence-corrected chi connectivity index (χ0v) is 13.3. The van der Waals surface area contributed by atoms with E-state index < -0.39 is 17.9 Å². The molecular formula is C14H20N2O5S. The van der Waals surface area contributed by atoms with Gasteiger partial charge in [0.1, 0.15) is 0 Å². The first kappa shape index (κ1) is 16.8. The topological polar surface area (TPSA) is 95.0 Å². The van der Waals surface area contributed by atoms with Crippen molar-refractivity contribution in [2.45, 2.75) is 45.1 Å². The number of rotatable bonds is 3. The number of hydrazine groups is 1. The lowest BCUT2D eigenvalue weighted by Crippen LogP contribution is -2.62. The van der Waals surface area contributed by atoms with Crippen LogP contribution >= 0.6 is 11.8 Å². The van der Waals surface area contributed by atoms with Gasteiger partial charge in [0.25, 0.3) is 0 Å². The van der Waals surface area contributed by atoms with E-state index in [-0.39, 0.29) is 16.9 Å². The quantitative estimate of drug-likeness (QED) is 0.826. The molecule has 0 aliphatic carbocycles. The summed E-state index contributed by atoms with van der Waals surface area (Å²) < 4.78 is 0. The van der Waals surface area contributed by atoms with Crippen LogP contribution in [-0.4, -0.2) is 56.4 Å². The summed E-state index contributed by atoms with van der Waals surface area (Å²) in [6.45, 7) is 1.82. The summed E-state index contributed by atoms with van der Waals surface area (Å²) in [5.41, 5.74) is 0. The molecule has 0 spiro atoms. The van der Waals surface area contributed by atoms with Gasteiger partial charge in [0, 0.05) is 31.6 Å². The maximum atomic E-state index is 12.7. The Morgan fingerprint density at radius 1 is 1.27 bits per heavy atom. The maximum absolute atomic E-state index is 12.7. The van der Waals surface area contributed by atoms with E-state index in [1.54, 1.807) is 0 Å². The van der Waals surface area contributed by atoms with E-state index in [0.29, 0.717) is 44.4 Å². The fourth-order valence-corrected chi connectivity index (χ4v) is 3.64. The second kappa shape index (κ2) is 7.13. The standard InChI is InChI=1S/C14H20N2O5S/c1-9(17)22-8-10-4-2-6-12(18)15-7-3-5-11(14(20)21)16(15)13(10)19/h10-11H,2-8H2,1H3,(H,20,21). The Labute approximate surface area is 133 Å². The van der Waals surface area contributed by atoms with Crippen LogP contribution in [0.2, 0.25) is 0 Å². The predicted molar refractivity (Wildman–Crippen MR) is 79.7 cm³/mol. The third-order valence-corrected chi connectivity index (χ3v) is 4.96. The molecule has 1 N–H and O–H groups in total. The number of hydrogen-bond donors (Lipinski definition) is 1. The molecule has 7 nitrogen and oxygen atoms in total. The first-order chi connectivity index (χ1) is 10.4. The van der Waals surface area contributed by atoms with Gasteiger partial charge in [-0.2, -0.15) is 0 Å². The van der Waals surface area contributed by atoms with Crippen molar-refractivity contribution in [3.05, 3.63) is 0 Å². The molecule has 2 saturated heterocycles. The number of carbonyl (C=O) groups is 4. The molecule has 2 heterocycles. The second-order valence-electron chi connectivity index (χ2n) is 5.59. The van der Waals surface area contributed by atoms with Gasteiger partial charge in [-0.3, -0.25) is 19.4 Å². The third-order valence-electron chi connectivity index (χ3n) is 3.98. The van der Waals surface area contributed by atoms with Gasteiger partial charge in [0.2, 0.25) is 11.8 Å². The Morgan fingerprint density at radius 3 is 2.64 bits per heavy atom. The zero-order chi connectivity index (χ0) is 16.3. The third kappa shape index (κ3) is 3.60. The van der Waals surface area contributed by atoms with Crippen LogP contribution in [0.5, 0.6) is 0 Å². The molecule has 2 amide bonds. The average molecular weight is 328 g/mol. The number of amides is 2. The highest BCUT2D eigenvalue weighted by Crippen LogP contribution is 2.28. The summed E-state index contributed by atoms with van der Waals surface area (Å²) in [5, 5.41) is 11.7. The smallest absolute Gasteiger partial charge is 0.328 e. The van der Waals surface area contributed by atoms with Crippen molar-refractivity contribution < 1.29 is 24.3 Å². The van der Waals surface area contributed by atoms with Gasteiger partial charge in [-0.05, 0) is 25.7 Å². The van der Waals surface area contributed by atoms with Crippen molar-refractivity contribution in [2.75, 3.05) is 12.3 Å². The van der Waals surface area contributed by atoms with Crippen LogP contribution in [0, 0.1) is 5.92 Å². The first-order valence-electron chi connectivity index (χ1n) is 7.41. The number of nitrogens with zero attached hydrogens (tertiary/aromatic N) is 2. The lowest BCUT2D eigenvalue weighted by Gasteiger charge is -2.44. The Kier molecular flexibility index (Phi) is 5.44. The largest absolute Gasteiger partial charge is 0.480 e. The van der Waals surface area contributed by atoms with Gasteiger partial charge in [0.15, 0.2) is 11.2 Å². The number of hydrogen-bond acceptors (Lipinski definition) is 5. The van der Waals surface area contributed by atoms with Crippen LogP contribution in [0.25, 0.3) is 0 Å². The molecule has 2 atom stereocenters. The van der Waals surface area contributed by atoms with Gasteiger partial charge < -0.3 is 5.11 Å². The van der Waals surface area contributed by atoms with E-state index >= 15 is 0 Å². The molecular weight excluding hydrogens is 308 g/mol. The fourth-order valence-electron chi connectivity index (χ4n) is 2.89. The molecule has 2 fully saturated rings. The van der Waals surface area contributed by atoms with Crippen LogP contribution in [-0.2, 0) is 19.2 Å². The highest BCUT2D eigenvalue weighted by Gasteiger charge is 2.42. The molecule has 8 heteroatoms. The SMILES string of the molecule is CC(=O)SCC1CCCC(=O)N2CCCC(C(=O)O)N2C1=O. The number of carbonyl (C=O) groups excluding carboxylic acids is 3. The predicted octanol–water partition coefficient (Wildman–Crippen LogP) is 0.885. The van der Waals surface area contributed by atoms with Crippen LogP contribution < -0.4 is 0 Å². The Morgan fingerprint density at radius 2 is 2.00 bits per heavy atom. The van der Waals surface area contributed by atoms with Crippen molar-refractivity contribution in [1.29, 1.82) is 0 Å². The van der Waals surface area contributed by atoms with E-state index in [2.05, 4.69) is 0 Å². The molecule has 2 aliphatic rings. The van der Waals surface area contributed by atoms with Gasteiger partial charge in [-0.15, -0.1) is 0 Å². The van der Waals surface area contributed by atoms with Gasteiger partial charge in [-0.1, -0.05) is 11.8 Å². The number of thioether (sulfide) groups is 1. The highest BCUT2D eigenvalue weighted by atomic mass is 32.2. The van der Waals surface area contributed by atoms with Gasteiger partial charge >= 0.3 is 5.97 Å². The normalized spacial score (nSPS) is 26.2. The van der Waals surface area contributed by atoms with Crippen LogP contribution in [0.1, 0.15) is 39.0 Å². The van der Waals surface area contributed by atoms with Crippen molar-refractivity contribution in [3.63, 3.8) is 0 Å². The molecule has 2 rings (SSSR count). The maximum Gasteiger partial charge on any atom is 0.328 e. The van der Waals surface area contributed by atoms with E-state index in [4.69, 9.17) is 0 Å². The highest BCUT2D eigenvalue weighted by molar-refractivity contribution is 8.13. The molecule has 0 bridgehead atoms. The Bertz CT molecular complexity index is 496. The number of carboxylic acids is 1. The zero-order valence-electron chi connectivity index (χ0n) is 12.5. The molecule has 2 unspecified atom stereocenters. The van der Waals surface area contributed by atoms with Crippen molar-refractivity contribution in [2.24, 2.45) is 5.92 Å². The minimum absolute atomic E-state index is 0.0729. The number of carboxylic acid groups (broad SMARTS) is 1. The minimum atomic E-state index is -1.09. The van der Waals surface area contributed by atoms with E-state index in [9.17, 15) is 24.3 Å². The number of fused-ring (bicyclic) bond motifs is 1. The van der Waals surface area contributed by atoms with E-state index in [1.807, 2.05) is 0 Å². The molecule has 0 saturated carbocycles. The molecule has 0 aromatic heterocycles. The number of aliphatic carboxylic acids is 1. The van der Waals surface area contributed by atoms with Crippen molar-refractivity contribution in [1.82, 2.24) is 10.0 Å².